The Morgan fingerprint density at radius 2 is 1.89 bits per heavy atom. The van der Waals surface area contributed by atoms with Gasteiger partial charge in [-0.15, -0.1) is 0 Å². The van der Waals surface area contributed by atoms with Crippen molar-refractivity contribution in [1.82, 2.24) is 5.32 Å². The number of nitrogens with one attached hydrogen (secondary N) is 1. The second kappa shape index (κ2) is 7.95. The summed E-state index contributed by atoms with van der Waals surface area (Å²) in [6.45, 7) is 7.54. The van der Waals surface area contributed by atoms with Gasteiger partial charge in [0.05, 0.1) is 5.92 Å². The van der Waals surface area contributed by atoms with Gasteiger partial charge in [-0.2, -0.15) is 0 Å². The molecule has 0 radical (unpaired) electrons. The van der Waals surface area contributed by atoms with Crippen LogP contribution in [0.3, 0.4) is 0 Å². The van der Waals surface area contributed by atoms with E-state index in [0.29, 0.717) is 24.9 Å². The maximum atomic E-state index is 12.4. The summed E-state index contributed by atoms with van der Waals surface area (Å²) in [6, 6.07) is 10.0. The first kappa shape index (κ1) is 15.7. The monoisotopic (exact) mass is 262 g/mol. The molecule has 0 fully saturated rings. The standard InChI is InChI=1S/C16H26N2O/c1-4-13(3)15(14-8-6-5-7-9-14)16(19)18-11-12(2)10-17/h5-9,12-13,15H,4,10-11,17H2,1-3H3,(H,18,19). The molecule has 1 amide bonds. The minimum absolute atomic E-state index is 0.0730. The van der Waals surface area contributed by atoms with E-state index in [1.54, 1.807) is 0 Å². The summed E-state index contributed by atoms with van der Waals surface area (Å²) < 4.78 is 0. The number of carbonyl (C=O) groups is 1. The van der Waals surface area contributed by atoms with Crippen molar-refractivity contribution in [3.05, 3.63) is 35.9 Å². The van der Waals surface area contributed by atoms with E-state index in [1.807, 2.05) is 37.3 Å². The SMILES string of the molecule is CCC(C)C(C(=O)NCC(C)CN)c1ccccc1. The lowest BCUT2D eigenvalue weighted by atomic mass is 9.85. The van der Waals surface area contributed by atoms with E-state index in [-0.39, 0.29) is 11.8 Å². The molecule has 3 nitrogen and oxygen atoms in total. The Kier molecular flexibility index (Phi) is 6.57. The van der Waals surface area contributed by atoms with Crippen molar-refractivity contribution < 1.29 is 4.79 Å². The Labute approximate surface area is 116 Å². The summed E-state index contributed by atoms with van der Waals surface area (Å²) in [5.41, 5.74) is 6.67. The number of carbonyl (C=O) groups excluding carboxylic acids is 1. The van der Waals surface area contributed by atoms with Gasteiger partial charge < -0.3 is 11.1 Å². The molecule has 0 aliphatic carbocycles. The highest BCUT2D eigenvalue weighted by Crippen LogP contribution is 2.27. The molecule has 1 aromatic rings. The first-order valence-electron chi connectivity index (χ1n) is 7.12. The summed E-state index contributed by atoms with van der Waals surface area (Å²) in [7, 11) is 0. The van der Waals surface area contributed by atoms with E-state index in [2.05, 4.69) is 19.2 Å². The molecule has 0 aromatic heterocycles. The van der Waals surface area contributed by atoms with Crippen LogP contribution in [0.2, 0.25) is 0 Å². The third kappa shape index (κ3) is 4.67. The zero-order chi connectivity index (χ0) is 14.3. The number of rotatable bonds is 7. The molecule has 0 aliphatic heterocycles. The quantitative estimate of drug-likeness (QED) is 0.793. The zero-order valence-corrected chi connectivity index (χ0v) is 12.2. The largest absolute Gasteiger partial charge is 0.355 e. The molecule has 0 saturated heterocycles. The summed E-state index contributed by atoms with van der Waals surface area (Å²) in [6.07, 6.45) is 0.986. The number of nitrogens with two attached hydrogens (primary N) is 1. The number of hydrogen-bond acceptors (Lipinski definition) is 2. The van der Waals surface area contributed by atoms with Gasteiger partial charge in [-0.3, -0.25) is 4.79 Å². The van der Waals surface area contributed by atoms with Crippen molar-refractivity contribution in [1.29, 1.82) is 0 Å². The molecule has 1 rings (SSSR count). The molecule has 106 valence electrons. The highest BCUT2D eigenvalue weighted by molar-refractivity contribution is 5.83. The molecule has 0 heterocycles. The predicted molar refractivity (Wildman–Crippen MR) is 79.9 cm³/mol. The fraction of sp³-hybridized carbons (Fsp3) is 0.562. The molecule has 3 N–H and O–H groups in total. The van der Waals surface area contributed by atoms with Crippen molar-refractivity contribution in [2.24, 2.45) is 17.6 Å². The molecule has 0 saturated carbocycles. The minimum atomic E-state index is -0.0730. The van der Waals surface area contributed by atoms with Gasteiger partial charge in [-0.1, -0.05) is 57.5 Å². The van der Waals surface area contributed by atoms with Gasteiger partial charge in [-0.05, 0) is 23.9 Å². The van der Waals surface area contributed by atoms with Crippen LogP contribution in [0.25, 0.3) is 0 Å². The van der Waals surface area contributed by atoms with E-state index < -0.39 is 0 Å². The molecule has 0 aliphatic rings. The number of hydrogen-bond donors (Lipinski definition) is 2. The Hall–Kier alpha value is -1.35. The average molecular weight is 262 g/mol. The van der Waals surface area contributed by atoms with Crippen LogP contribution in [0.15, 0.2) is 30.3 Å². The fourth-order valence-electron chi connectivity index (χ4n) is 2.10. The van der Waals surface area contributed by atoms with Crippen LogP contribution in [0.4, 0.5) is 0 Å². The van der Waals surface area contributed by atoms with Gasteiger partial charge in [0.25, 0.3) is 0 Å². The van der Waals surface area contributed by atoms with Crippen molar-refractivity contribution in [2.45, 2.75) is 33.1 Å². The molecule has 0 bridgehead atoms. The molecule has 3 atom stereocenters. The van der Waals surface area contributed by atoms with E-state index in [1.165, 1.54) is 0 Å². The van der Waals surface area contributed by atoms with Crippen LogP contribution in [-0.2, 0) is 4.79 Å². The van der Waals surface area contributed by atoms with Crippen LogP contribution in [0.1, 0.15) is 38.7 Å². The maximum Gasteiger partial charge on any atom is 0.227 e. The first-order valence-corrected chi connectivity index (χ1v) is 7.12. The van der Waals surface area contributed by atoms with Crippen LogP contribution in [0, 0.1) is 11.8 Å². The Balaban J connectivity index is 2.77. The van der Waals surface area contributed by atoms with Crippen LogP contribution in [-0.4, -0.2) is 19.0 Å². The van der Waals surface area contributed by atoms with Crippen molar-refractivity contribution in [3.8, 4) is 0 Å². The topological polar surface area (TPSA) is 55.1 Å². The Bertz CT molecular complexity index is 378. The van der Waals surface area contributed by atoms with Gasteiger partial charge in [0.1, 0.15) is 0 Å². The summed E-state index contributed by atoms with van der Waals surface area (Å²) in [5, 5.41) is 3.03. The number of amides is 1. The van der Waals surface area contributed by atoms with E-state index in [4.69, 9.17) is 5.73 Å². The van der Waals surface area contributed by atoms with Crippen molar-refractivity contribution >= 4 is 5.91 Å². The van der Waals surface area contributed by atoms with E-state index in [9.17, 15) is 4.79 Å². The molecule has 3 unspecified atom stereocenters. The van der Waals surface area contributed by atoms with Crippen LogP contribution in [0.5, 0.6) is 0 Å². The van der Waals surface area contributed by atoms with Gasteiger partial charge in [0.2, 0.25) is 5.91 Å². The number of benzene rings is 1. The molecular weight excluding hydrogens is 236 g/mol. The second-order valence-electron chi connectivity index (χ2n) is 5.36. The zero-order valence-electron chi connectivity index (χ0n) is 12.2. The van der Waals surface area contributed by atoms with Crippen LogP contribution < -0.4 is 11.1 Å². The normalized spacial score (nSPS) is 15.6. The lowest BCUT2D eigenvalue weighted by molar-refractivity contribution is -0.123. The summed E-state index contributed by atoms with van der Waals surface area (Å²) in [5.74, 6) is 0.685. The van der Waals surface area contributed by atoms with Gasteiger partial charge in [0, 0.05) is 6.54 Å². The average Bonchev–Trinajstić information content (AvgIpc) is 2.45. The van der Waals surface area contributed by atoms with Crippen molar-refractivity contribution in [3.63, 3.8) is 0 Å². The maximum absolute atomic E-state index is 12.4. The van der Waals surface area contributed by atoms with Crippen LogP contribution >= 0.6 is 0 Å². The molecule has 0 spiro atoms. The molecule has 19 heavy (non-hydrogen) atoms. The van der Waals surface area contributed by atoms with Gasteiger partial charge in [-0.25, -0.2) is 0 Å². The third-order valence-electron chi connectivity index (χ3n) is 3.68. The van der Waals surface area contributed by atoms with Gasteiger partial charge in [0.15, 0.2) is 0 Å². The lowest BCUT2D eigenvalue weighted by Gasteiger charge is -2.23. The third-order valence-corrected chi connectivity index (χ3v) is 3.68. The van der Waals surface area contributed by atoms with Crippen molar-refractivity contribution in [2.75, 3.05) is 13.1 Å². The molecule has 1 aromatic carbocycles. The smallest absolute Gasteiger partial charge is 0.227 e. The van der Waals surface area contributed by atoms with Gasteiger partial charge >= 0.3 is 0 Å². The lowest BCUT2D eigenvalue weighted by Crippen LogP contribution is -2.36. The Morgan fingerprint density at radius 3 is 2.42 bits per heavy atom. The van der Waals surface area contributed by atoms with E-state index in [0.717, 1.165) is 12.0 Å². The minimum Gasteiger partial charge on any atom is -0.355 e. The fourth-order valence-corrected chi connectivity index (χ4v) is 2.10. The molecule has 3 heteroatoms. The highest BCUT2D eigenvalue weighted by atomic mass is 16.1. The van der Waals surface area contributed by atoms with E-state index >= 15 is 0 Å². The Morgan fingerprint density at radius 1 is 1.26 bits per heavy atom. The second-order valence-corrected chi connectivity index (χ2v) is 5.36. The predicted octanol–water partition coefficient (Wildman–Crippen LogP) is 2.53. The highest BCUT2D eigenvalue weighted by Gasteiger charge is 2.25. The molecular formula is C16H26N2O. The summed E-state index contributed by atoms with van der Waals surface area (Å²) >= 11 is 0. The summed E-state index contributed by atoms with van der Waals surface area (Å²) in [4.78, 5) is 12.4. The first-order chi connectivity index (χ1) is 9.10.